The number of amides is 1. The minimum atomic E-state index is -3.05. The molecule has 0 aliphatic heterocycles. The summed E-state index contributed by atoms with van der Waals surface area (Å²) in [7, 11) is 0. The SMILES string of the molecule is CC(C(=O)Nc1cnccn1)C(C)(F)F. The van der Waals surface area contributed by atoms with E-state index in [0.29, 0.717) is 6.92 Å². The zero-order valence-corrected chi connectivity index (χ0v) is 8.37. The molecule has 1 amide bonds. The number of rotatable bonds is 3. The number of nitrogens with zero attached hydrogens (tertiary/aromatic N) is 2. The van der Waals surface area contributed by atoms with Crippen LogP contribution < -0.4 is 5.32 Å². The number of aromatic nitrogens is 2. The van der Waals surface area contributed by atoms with Gasteiger partial charge in [-0.1, -0.05) is 0 Å². The highest BCUT2D eigenvalue weighted by atomic mass is 19.3. The van der Waals surface area contributed by atoms with Crippen molar-refractivity contribution in [1.29, 1.82) is 0 Å². The van der Waals surface area contributed by atoms with Crippen LogP contribution >= 0.6 is 0 Å². The molecule has 1 atom stereocenters. The van der Waals surface area contributed by atoms with Crippen molar-refractivity contribution < 1.29 is 13.6 Å². The molecule has 4 nitrogen and oxygen atoms in total. The molecular weight excluding hydrogens is 204 g/mol. The van der Waals surface area contributed by atoms with Crippen LogP contribution in [0.15, 0.2) is 18.6 Å². The van der Waals surface area contributed by atoms with Gasteiger partial charge in [0, 0.05) is 19.3 Å². The zero-order valence-electron chi connectivity index (χ0n) is 8.37. The average Bonchev–Trinajstić information content (AvgIpc) is 2.16. The van der Waals surface area contributed by atoms with Crippen LogP contribution in [-0.2, 0) is 4.79 Å². The maximum Gasteiger partial charge on any atom is 0.256 e. The van der Waals surface area contributed by atoms with Crippen LogP contribution in [0, 0.1) is 5.92 Å². The van der Waals surface area contributed by atoms with Gasteiger partial charge in [0.15, 0.2) is 5.82 Å². The summed E-state index contributed by atoms with van der Waals surface area (Å²) in [6, 6.07) is 0. The second-order valence-corrected chi connectivity index (χ2v) is 3.26. The van der Waals surface area contributed by atoms with Crippen LogP contribution in [-0.4, -0.2) is 21.8 Å². The van der Waals surface area contributed by atoms with E-state index in [9.17, 15) is 13.6 Å². The molecule has 0 fully saturated rings. The molecule has 0 saturated carbocycles. The number of nitrogens with one attached hydrogen (secondary N) is 1. The number of carbonyl (C=O) groups excluding carboxylic acids is 1. The minimum Gasteiger partial charge on any atom is -0.309 e. The first-order valence-electron chi connectivity index (χ1n) is 4.36. The van der Waals surface area contributed by atoms with Gasteiger partial charge in [-0.2, -0.15) is 0 Å². The van der Waals surface area contributed by atoms with Crippen molar-refractivity contribution >= 4 is 11.7 Å². The summed E-state index contributed by atoms with van der Waals surface area (Å²) in [6.07, 6.45) is 4.08. The topological polar surface area (TPSA) is 54.9 Å². The van der Waals surface area contributed by atoms with E-state index in [0.717, 1.165) is 6.92 Å². The van der Waals surface area contributed by atoms with Crippen LogP contribution in [0.4, 0.5) is 14.6 Å². The van der Waals surface area contributed by atoms with Crippen molar-refractivity contribution in [3.8, 4) is 0 Å². The standard InChI is InChI=1S/C9H11F2N3O/c1-6(9(2,10)11)8(15)14-7-5-12-3-4-13-7/h3-6H,1-2H3,(H,13,14,15). The van der Waals surface area contributed by atoms with Gasteiger partial charge in [-0.3, -0.25) is 9.78 Å². The molecule has 0 spiro atoms. The van der Waals surface area contributed by atoms with Gasteiger partial charge < -0.3 is 5.32 Å². The fourth-order valence-electron chi connectivity index (χ4n) is 0.828. The lowest BCUT2D eigenvalue weighted by atomic mass is 10.1. The van der Waals surface area contributed by atoms with Gasteiger partial charge >= 0.3 is 0 Å². The second-order valence-electron chi connectivity index (χ2n) is 3.26. The first kappa shape index (κ1) is 11.5. The van der Waals surface area contributed by atoms with E-state index in [1.54, 1.807) is 0 Å². The molecule has 0 aliphatic carbocycles. The first-order valence-corrected chi connectivity index (χ1v) is 4.36. The maximum atomic E-state index is 12.8. The van der Waals surface area contributed by atoms with Gasteiger partial charge in [0.2, 0.25) is 5.91 Å². The quantitative estimate of drug-likeness (QED) is 0.835. The summed E-state index contributed by atoms with van der Waals surface area (Å²) in [6.45, 7) is 1.86. The Morgan fingerprint density at radius 2 is 2.20 bits per heavy atom. The average molecular weight is 215 g/mol. The number of hydrogen-bond acceptors (Lipinski definition) is 3. The van der Waals surface area contributed by atoms with Gasteiger partial charge in [0.1, 0.15) is 0 Å². The normalized spacial score (nSPS) is 13.3. The summed E-state index contributed by atoms with van der Waals surface area (Å²) in [5, 5.41) is 2.26. The minimum absolute atomic E-state index is 0.165. The van der Waals surface area contributed by atoms with Crippen molar-refractivity contribution in [3.05, 3.63) is 18.6 Å². The lowest BCUT2D eigenvalue weighted by molar-refractivity contribution is -0.130. The third-order valence-corrected chi connectivity index (χ3v) is 1.97. The molecule has 1 aromatic rings. The molecular formula is C9H11F2N3O. The molecule has 15 heavy (non-hydrogen) atoms. The number of carbonyl (C=O) groups is 1. The largest absolute Gasteiger partial charge is 0.309 e. The van der Waals surface area contributed by atoms with Gasteiger partial charge in [-0.05, 0) is 6.92 Å². The first-order chi connectivity index (χ1) is 6.91. The van der Waals surface area contributed by atoms with Gasteiger partial charge in [0.05, 0.1) is 12.1 Å². The van der Waals surface area contributed by atoms with Crippen LogP contribution in [0.5, 0.6) is 0 Å². The highest BCUT2D eigenvalue weighted by Gasteiger charge is 2.35. The molecule has 1 N–H and O–H groups in total. The Morgan fingerprint density at radius 1 is 1.53 bits per heavy atom. The molecule has 0 radical (unpaired) electrons. The molecule has 6 heteroatoms. The highest BCUT2D eigenvalue weighted by molar-refractivity contribution is 5.91. The predicted octanol–water partition coefficient (Wildman–Crippen LogP) is 1.71. The van der Waals surface area contributed by atoms with E-state index in [4.69, 9.17) is 0 Å². The maximum absolute atomic E-state index is 12.8. The number of anilines is 1. The molecule has 0 bridgehead atoms. The Morgan fingerprint density at radius 3 is 2.67 bits per heavy atom. The monoisotopic (exact) mass is 215 g/mol. The molecule has 82 valence electrons. The molecule has 0 saturated heterocycles. The van der Waals surface area contributed by atoms with Crippen molar-refractivity contribution in [1.82, 2.24) is 9.97 Å². The van der Waals surface area contributed by atoms with Crippen molar-refractivity contribution in [3.63, 3.8) is 0 Å². The molecule has 0 aliphatic rings. The summed E-state index contributed by atoms with van der Waals surface area (Å²) in [5.41, 5.74) is 0. The van der Waals surface area contributed by atoms with Crippen LogP contribution in [0.1, 0.15) is 13.8 Å². The van der Waals surface area contributed by atoms with E-state index in [-0.39, 0.29) is 5.82 Å². The molecule has 1 rings (SSSR count). The van der Waals surface area contributed by atoms with E-state index < -0.39 is 17.7 Å². The van der Waals surface area contributed by atoms with Crippen LogP contribution in [0.3, 0.4) is 0 Å². The second kappa shape index (κ2) is 4.29. The smallest absolute Gasteiger partial charge is 0.256 e. The Bertz CT molecular complexity index is 337. The molecule has 0 aromatic carbocycles. The fraction of sp³-hybridized carbons (Fsp3) is 0.444. The number of halogens is 2. The van der Waals surface area contributed by atoms with E-state index in [1.165, 1.54) is 18.6 Å². The van der Waals surface area contributed by atoms with Crippen molar-refractivity contribution in [2.45, 2.75) is 19.8 Å². The Kier molecular flexibility index (Phi) is 3.28. The number of alkyl halides is 2. The summed E-state index contributed by atoms with van der Waals surface area (Å²) in [5.74, 6) is -5.06. The third kappa shape index (κ3) is 3.23. The van der Waals surface area contributed by atoms with E-state index in [2.05, 4.69) is 15.3 Å². The predicted molar refractivity (Wildman–Crippen MR) is 50.4 cm³/mol. The van der Waals surface area contributed by atoms with Crippen LogP contribution in [0.2, 0.25) is 0 Å². The lowest BCUT2D eigenvalue weighted by Gasteiger charge is -2.17. The Balaban J connectivity index is 2.65. The Labute approximate surface area is 85.7 Å². The van der Waals surface area contributed by atoms with Gasteiger partial charge in [0.25, 0.3) is 5.92 Å². The summed E-state index contributed by atoms with van der Waals surface area (Å²) in [4.78, 5) is 18.7. The van der Waals surface area contributed by atoms with Gasteiger partial charge in [-0.15, -0.1) is 0 Å². The van der Waals surface area contributed by atoms with Crippen LogP contribution in [0.25, 0.3) is 0 Å². The zero-order chi connectivity index (χ0) is 11.5. The molecule has 1 heterocycles. The fourth-order valence-corrected chi connectivity index (χ4v) is 0.828. The molecule has 1 aromatic heterocycles. The molecule has 1 unspecified atom stereocenters. The lowest BCUT2D eigenvalue weighted by Crippen LogP contribution is -2.33. The van der Waals surface area contributed by atoms with Gasteiger partial charge in [-0.25, -0.2) is 13.8 Å². The van der Waals surface area contributed by atoms with E-state index >= 15 is 0 Å². The summed E-state index contributed by atoms with van der Waals surface area (Å²) < 4.78 is 25.5. The van der Waals surface area contributed by atoms with Crippen molar-refractivity contribution in [2.75, 3.05) is 5.32 Å². The summed E-state index contributed by atoms with van der Waals surface area (Å²) >= 11 is 0. The van der Waals surface area contributed by atoms with E-state index in [1.807, 2.05) is 0 Å². The third-order valence-electron chi connectivity index (χ3n) is 1.97. The van der Waals surface area contributed by atoms with Crippen molar-refractivity contribution in [2.24, 2.45) is 5.92 Å². The number of hydrogen-bond donors (Lipinski definition) is 1. The Hall–Kier alpha value is -1.59. The highest BCUT2D eigenvalue weighted by Crippen LogP contribution is 2.24.